The van der Waals surface area contributed by atoms with E-state index in [0.29, 0.717) is 6.04 Å². The van der Waals surface area contributed by atoms with Gasteiger partial charge in [0.05, 0.1) is 11.9 Å². The van der Waals surface area contributed by atoms with Crippen molar-refractivity contribution in [3.8, 4) is 0 Å². The van der Waals surface area contributed by atoms with Crippen molar-refractivity contribution in [3.05, 3.63) is 22.6 Å². The number of rotatable bonds is 5. The average Bonchev–Trinajstić information content (AvgIpc) is 2.17. The van der Waals surface area contributed by atoms with Gasteiger partial charge in [-0.05, 0) is 20.9 Å². The van der Waals surface area contributed by atoms with E-state index in [-0.39, 0.29) is 5.56 Å². The van der Waals surface area contributed by atoms with Crippen molar-refractivity contribution in [2.75, 3.05) is 25.5 Å². The molecular weight excluding hydrogens is 192 g/mol. The third-order valence-corrected chi connectivity index (χ3v) is 2.34. The molecule has 0 amide bonds. The van der Waals surface area contributed by atoms with E-state index >= 15 is 0 Å². The molecule has 0 fully saturated rings. The smallest absolute Gasteiger partial charge is 0.266 e. The summed E-state index contributed by atoms with van der Waals surface area (Å²) in [6.07, 6.45) is 1.61. The molecule has 5 heteroatoms. The Morgan fingerprint density at radius 3 is 2.93 bits per heavy atom. The highest BCUT2D eigenvalue weighted by Gasteiger charge is 2.01. The zero-order chi connectivity index (χ0) is 11.3. The first-order valence-corrected chi connectivity index (χ1v) is 5.08. The number of hydrogen-bond donors (Lipinski definition) is 2. The van der Waals surface area contributed by atoms with Crippen molar-refractivity contribution in [3.63, 3.8) is 0 Å². The van der Waals surface area contributed by atoms with Crippen molar-refractivity contribution >= 4 is 5.69 Å². The van der Waals surface area contributed by atoms with E-state index in [1.54, 1.807) is 6.20 Å². The molecule has 5 nitrogen and oxygen atoms in total. The van der Waals surface area contributed by atoms with E-state index in [4.69, 9.17) is 0 Å². The van der Waals surface area contributed by atoms with Gasteiger partial charge < -0.3 is 10.2 Å². The number of hydrogen-bond acceptors (Lipinski definition) is 4. The number of H-pyrrole nitrogens is 1. The topological polar surface area (TPSA) is 61.0 Å². The van der Waals surface area contributed by atoms with Crippen LogP contribution in [0.25, 0.3) is 0 Å². The van der Waals surface area contributed by atoms with Crippen LogP contribution in [0.5, 0.6) is 0 Å². The summed E-state index contributed by atoms with van der Waals surface area (Å²) in [6.45, 7) is 6.04. The third kappa shape index (κ3) is 4.12. The molecule has 0 atom stereocenters. The molecule has 0 spiro atoms. The molecule has 15 heavy (non-hydrogen) atoms. The molecule has 1 aromatic heterocycles. The van der Waals surface area contributed by atoms with Crippen LogP contribution in [0, 0.1) is 0 Å². The summed E-state index contributed by atoms with van der Waals surface area (Å²) in [5.41, 5.74) is 0.577. The first-order valence-electron chi connectivity index (χ1n) is 5.08. The van der Waals surface area contributed by atoms with Crippen LogP contribution in [0.15, 0.2) is 17.1 Å². The van der Waals surface area contributed by atoms with Crippen molar-refractivity contribution in [1.29, 1.82) is 0 Å². The standard InChI is InChI=1S/C10H18N4O/c1-8(2)14(3)5-4-11-9-6-10(15)13-12-7-9/h6-8H,4-5H2,1-3H3,(H2,11,13,15). The minimum Gasteiger partial charge on any atom is -0.382 e. The molecule has 0 aliphatic heterocycles. The highest BCUT2D eigenvalue weighted by Crippen LogP contribution is 1.98. The van der Waals surface area contributed by atoms with E-state index in [2.05, 4.69) is 41.3 Å². The first kappa shape index (κ1) is 11.7. The van der Waals surface area contributed by atoms with Crippen molar-refractivity contribution in [1.82, 2.24) is 15.1 Å². The zero-order valence-corrected chi connectivity index (χ0v) is 9.45. The Kier molecular flexibility index (Phi) is 4.30. The van der Waals surface area contributed by atoms with E-state index in [1.165, 1.54) is 6.07 Å². The Bertz CT molecular complexity index is 347. The van der Waals surface area contributed by atoms with Gasteiger partial charge in [0.25, 0.3) is 5.56 Å². The van der Waals surface area contributed by atoms with E-state index in [1.807, 2.05) is 0 Å². The van der Waals surface area contributed by atoms with Crippen LogP contribution in [0.4, 0.5) is 5.69 Å². The van der Waals surface area contributed by atoms with Gasteiger partial charge in [-0.3, -0.25) is 4.79 Å². The highest BCUT2D eigenvalue weighted by molar-refractivity contribution is 5.38. The summed E-state index contributed by atoms with van der Waals surface area (Å²) in [6, 6.07) is 2.03. The van der Waals surface area contributed by atoms with Gasteiger partial charge in [-0.1, -0.05) is 0 Å². The SMILES string of the molecule is CC(C)N(C)CCNc1cn[nH]c(=O)c1. The lowest BCUT2D eigenvalue weighted by Crippen LogP contribution is -2.31. The maximum Gasteiger partial charge on any atom is 0.266 e. The van der Waals surface area contributed by atoms with Gasteiger partial charge >= 0.3 is 0 Å². The predicted molar refractivity (Wildman–Crippen MR) is 61.1 cm³/mol. The molecule has 0 saturated heterocycles. The molecule has 1 heterocycles. The minimum absolute atomic E-state index is 0.183. The molecule has 1 rings (SSSR count). The molecule has 1 aromatic rings. The van der Waals surface area contributed by atoms with E-state index in [0.717, 1.165) is 18.8 Å². The van der Waals surface area contributed by atoms with Crippen molar-refractivity contribution in [2.45, 2.75) is 19.9 Å². The number of anilines is 1. The molecule has 0 bridgehead atoms. The molecule has 2 N–H and O–H groups in total. The molecule has 84 valence electrons. The average molecular weight is 210 g/mol. The van der Waals surface area contributed by atoms with Crippen LogP contribution >= 0.6 is 0 Å². The first-order chi connectivity index (χ1) is 7.09. The summed E-state index contributed by atoms with van der Waals surface area (Å²) in [4.78, 5) is 13.2. The summed E-state index contributed by atoms with van der Waals surface area (Å²) in [5, 5.41) is 9.18. The molecule has 0 aliphatic carbocycles. The van der Waals surface area contributed by atoms with E-state index < -0.39 is 0 Å². The van der Waals surface area contributed by atoms with Crippen LogP contribution in [-0.4, -0.2) is 41.3 Å². The summed E-state index contributed by atoms with van der Waals surface area (Å²) in [7, 11) is 2.07. The molecule has 0 radical (unpaired) electrons. The molecule has 0 saturated carbocycles. The quantitative estimate of drug-likeness (QED) is 0.744. The fourth-order valence-electron chi connectivity index (χ4n) is 1.11. The van der Waals surface area contributed by atoms with Crippen LogP contribution < -0.4 is 10.9 Å². The van der Waals surface area contributed by atoms with Crippen LogP contribution in [-0.2, 0) is 0 Å². The minimum atomic E-state index is -0.183. The lowest BCUT2D eigenvalue weighted by Gasteiger charge is -2.21. The Morgan fingerprint density at radius 2 is 2.33 bits per heavy atom. The molecule has 0 unspecified atom stereocenters. The van der Waals surface area contributed by atoms with Crippen LogP contribution in [0.3, 0.4) is 0 Å². The van der Waals surface area contributed by atoms with Gasteiger partial charge in [0, 0.05) is 25.2 Å². The number of nitrogens with zero attached hydrogens (tertiary/aromatic N) is 2. The fraction of sp³-hybridized carbons (Fsp3) is 0.600. The normalized spacial score (nSPS) is 11.0. The number of aromatic nitrogens is 2. The van der Waals surface area contributed by atoms with Gasteiger partial charge in [0.2, 0.25) is 0 Å². The van der Waals surface area contributed by atoms with Crippen LogP contribution in [0.2, 0.25) is 0 Å². The largest absolute Gasteiger partial charge is 0.382 e. The molecule has 0 aliphatic rings. The van der Waals surface area contributed by atoms with Gasteiger partial charge in [-0.15, -0.1) is 0 Å². The second-order valence-electron chi connectivity index (χ2n) is 3.84. The second-order valence-corrected chi connectivity index (χ2v) is 3.84. The second kappa shape index (κ2) is 5.50. The van der Waals surface area contributed by atoms with Crippen molar-refractivity contribution in [2.24, 2.45) is 0 Å². The summed E-state index contributed by atoms with van der Waals surface area (Å²) < 4.78 is 0. The fourth-order valence-corrected chi connectivity index (χ4v) is 1.11. The Balaban J connectivity index is 2.35. The van der Waals surface area contributed by atoms with Gasteiger partial charge in [-0.25, -0.2) is 5.10 Å². The number of nitrogens with one attached hydrogen (secondary N) is 2. The summed E-state index contributed by atoms with van der Waals surface area (Å²) >= 11 is 0. The monoisotopic (exact) mass is 210 g/mol. The van der Waals surface area contributed by atoms with E-state index in [9.17, 15) is 4.79 Å². The highest BCUT2D eigenvalue weighted by atomic mass is 16.1. The number of likely N-dealkylation sites (N-methyl/N-ethyl adjacent to an activating group) is 1. The Morgan fingerprint density at radius 1 is 1.60 bits per heavy atom. The predicted octanol–water partition coefficient (Wildman–Crippen LogP) is 0.522. The number of aromatic amines is 1. The Hall–Kier alpha value is -1.36. The lowest BCUT2D eigenvalue weighted by atomic mass is 10.3. The van der Waals surface area contributed by atoms with Gasteiger partial charge in [-0.2, -0.15) is 5.10 Å². The summed E-state index contributed by atoms with van der Waals surface area (Å²) in [5.74, 6) is 0. The Labute approximate surface area is 89.5 Å². The third-order valence-electron chi connectivity index (χ3n) is 2.34. The maximum absolute atomic E-state index is 10.9. The maximum atomic E-state index is 10.9. The molecular formula is C10H18N4O. The molecule has 0 aromatic carbocycles. The van der Waals surface area contributed by atoms with Crippen LogP contribution in [0.1, 0.15) is 13.8 Å². The lowest BCUT2D eigenvalue weighted by molar-refractivity contribution is 0.284. The van der Waals surface area contributed by atoms with Gasteiger partial charge in [0.1, 0.15) is 0 Å². The van der Waals surface area contributed by atoms with Gasteiger partial charge in [0.15, 0.2) is 0 Å². The zero-order valence-electron chi connectivity index (χ0n) is 9.45. The van der Waals surface area contributed by atoms with Crippen molar-refractivity contribution < 1.29 is 0 Å².